The van der Waals surface area contributed by atoms with Crippen LogP contribution < -0.4 is 5.32 Å². The molecule has 4 atom stereocenters. The molecule has 1 aromatic carbocycles. The Bertz CT molecular complexity index is 602. The maximum Gasteiger partial charge on any atom is 0.189 e. The lowest BCUT2D eigenvalue weighted by Gasteiger charge is -2.24. The molecule has 2 saturated heterocycles. The molecule has 0 saturated carbocycles. The normalized spacial score (nSPS) is 31.8. The Labute approximate surface area is 142 Å². The molecule has 0 unspecified atom stereocenters. The van der Waals surface area contributed by atoms with Gasteiger partial charge in [-0.2, -0.15) is 0 Å². The van der Waals surface area contributed by atoms with Crippen molar-refractivity contribution >= 4 is 6.21 Å². The average Bonchev–Trinajstić information content (AvgIpc) is 2.97. The van der Waals surface area contributed by atoms with Crippen LogP contribution in [0.5, 0.6) is 0 Å². The molecule has 24 heavy (non-hydrogen) atoms. The maximum atomic E-state index is 12.3. The molecule has 2 aliphatic rings. The first kappa shape index (κ1) is 17.1. The van der Waals surface area contributed by atoms with Crippen molar-refractivity contribution in [2.75, 3.05) is 6.54 Å². The standard InChI is InChI=1S/C18H24N2O4/c1-4-10-19-15-14(22-17-16(15)23-18(2,3)24-17)12-20(21)11-13-8-6-5-7-9-13/h4-9,12,14-17,19H,1,10-11H2,2-3H3/b20-12-/t14-,15+,16-,17-/m1/s1. The Kier molecular flexibility index (Phi) is 5.01. The Morgan fingerprint density at radius 1 is 1.29 bits per heavy atom. The summed E-state index contributed by atoms with van der Waals surface area (Å²) in [6, 6.07) is 9.43. The van der Waals surface area contributed by atoms with Gasteiger partial charge in [0, 0.05) is 12.1 Å². The Hall–Kier alpha value is -1.73. The van der Waals surface area contributed by atoms with E-state index >= 15 is 0 Å². The Morgan fingerprint density at radius 2 is 2.04 bits per heavy atom. The van der Waals surface area contributed by atoms with E-state index < -0.39 is 18.2 Å². The van der Waals surface area contributed by atoms with Gasteiger partial charge in [0.25, 0.3) is 0 Å². The largest absolute Gasteiger partial charge is 0.624 e. The van der Waals surface area contributed by atoms with Crippen LogP contribution in [-0.4, -0.2) is 47.8 Å². The number of hydrogen-bond donors (Lipinski definition) is 1. The number of nitrogens with zero attached hydrogens (tertiary/aromatic N) is 1. The summed E-state index contributed by atoms with van der Waals surface area (Å²) in [6.45, 7) is 8.30. The van der Waals surface area contributed by atoms with Crippen LogP contribution >= 0.6 is 0 Å². The van der Waals surface area contributed by atoms with Crippen molar-refractivity contribution < 1.29 is 18.9 Å². The lowest BCUT2D eigenvalue weighted by molar-refractivity contribution is -0.473. The number of benzene rings is 1. The van der Waals surface area contributed by atoms with Crippen LogP contribution in [0.25, 0.3) is 0 Å². The van der Waals surface area contributed by atoms with Crippen molar-refractivity contribution in [2.24, 2.45) is 0 Å². The molecule has 0 radical (unpaired) electrons. The summed E-state index contributed by atoms with van der Waals surface area (Å²) >= 11 is 0. The molecule has 0 spiro atoms. The van der Waals surface area contributed by atoms with Gasteiger partial charge in [0.2, 0.25) is 0 Å². The maximum absolute atomic E-state index is 12.3. The van der Waals surface area contributed by atoms with Gasteiger partial charge < -0.3 is 24.7 Å². The van der Waals surface area contributed by atoms with Gasteiger partial charge in [-0.25, -0.2) is 4.74 Å². The SMILES string of the molecule is C=CCN[C@@H]1[C@H]2OC(C)(C)O[C@H]2O[C@@H]1/C=[N+](\[O-])Cc1ccccc1. The molecule has 0 aromatic heterocycles. The highest BCUT2D eigenvalue weighted by Gasteiger charge is 2.55. The highest BCUT2D eigenvalue weighted by atomic mass is 16.8. The van der Waals surface area contributed by atoms with Crippen LogP contribution in [0.15, 0.2) is 43.0 Å². The number of fused-ring (bicyclic) bond motifs is 1. The minimum Gasteiger partial charge on any atom is -0.624 e. The van der Waals surface area contributed by atoms with E-state index in [1.165, 1.54) is 0 Å². The van der Waals surface area contributed by atoms with Gasteiger partial charge in [-0.3, -0.25) is 0 Å². The monoisotopic (exact) mass is 332 g/mol. The highest BCUT2D eigenvalue weighted by molar-refractivity contribution is 5.60. The molecule has 6 heteroatoms. The first-order valence-electron chi connectivity index (χ1n) is 8.16. The molecule has 0 bridgehead atoms. The van der Waals surface area contributed by atoms with Crippen molar-refractivity contribution in [2.45, 2.75) is 50.7 Å². The molecule has 1 aromatic rings. The van der Waals surface area contributed by atoms with Gasteiger partial charge >= 0.3 is 0 Å². The molecular weight excluding hydrogens is 308 g/mol. The molecule has 2 heterocycles. The second-order valence-electron chi connectivity index (χ2n) is 6.50. The average molecular weight is 332 g/mol. The van der Waals surface area contributed by atoms with Crippen LogP contribution in [0.3, 0.4) is 0 Å². The zero-order valence-electron chi connectivity index (χ0n) is 14.1. The molecule has 2 fully saturated rings. The third kappa shape index (κ3) is 3.84. The minimum atomic E-state index is -0.685. The van der Waals surface area contributed by atoms with Crippen molar-refractivity contribution in [3.63, 3.8) is 0 Å². The molecule has 1 N–H and O–H groups in total. The van der Waals surface area contributed by atoms with Crippen molar-refractivity contribution in [3.05, 3.63) is 53.8 Å². The Morgan fingerprint density at radius 3 is 2.75 bits per heavy atom. The highest BCUT2D eigenvalue weighted by Crippen LogP contribution is 2.36. The summed E-state index contributed by atoms with van der Waals surface area (Å²) in [7, 11) is 0. The molecule has 0 amide bonds. The van der Waals surface area contributed by atoms with Crippen LogP contribution in [0.4, 0.5) is 0 Å². The molecule has 0 aliphatic carbocycles. The van der Waals surface area contributed by atoms with Gasteiger partial charge in [-0.1, -0.05) is 36.4 Å². The number of rotatable bonds is 6. The first-order chi connectivity index (χ1) is 11.5. The van der Waals surface area contributed by atoms with Gasteiger partial charge in [0.05, 0.1) is 6.04 Å². The summed E-state index contributed by atoms with van der Waals surface area (Å²) in [4.78, 5) is 0. The van der Waals surface area contributed by atoms with Gasteiger partial charge in [0.1, 0.15) is 6.10 Å². The predicted molar refractivity (Wildman–Crippen MR) is 90.5 cm³/mol. The van der Waals surface area contributed by atoms with E-state index in [0.29, 0.717) is 6.54 Å². The van der Waals surface area contributed by atoms with Crippen LogP contribution in [0.1, 0.15) is 19.4 Å². The minimum absolute atomic E-state index is 0.165. The predicted octanol–water partition coefficient (Wildman–Crippen LogP) is 1.79. The first-order valence-corrected chi connectivity index (χ1v) is 8.16. The summed E-state index contributed by atoms with van der Waals surface area (Å²) < 4.78 is 18.5. The Balaban J connectivity index is 1.71. The zero-order valence-corrected chi connectivity index (χ0v) is 14.1. The van der Waals surface area contributed by atoms with E-state index in [1.807, 2.05) is 44.2 Å². The van der Waals surface area contributed by atoms with E-state index in [9.17, 15) is 5.21 Å². The molecule has 130 valence electrons. The molecular formula is C18H24N2O4. The fourth-order valence-corrected chi connectivity index (χ4v) is 3.09. The lowest BCUT2D eigenvalue weighted by atomic mass is 10.1. The number of hydroxylamine groups is 1. The van der Waals surface area contributed by atoms with Gasteiger partial charge in [-0.15, -0.1) is 6.58 Å². The number of hydrogen-bond acceptors (Lipinski definition) is 5. The smallest absolute Gasteiger partial charge is 0.189 e. The van der Waals surface area contributed by atoms with E-state index in [-0.39, 0.29) is 18.7 Å². The zero-order chi connectivity index (χ0) is 17.2. The second kappa shape index (κ2) is 7.03. The topological polar surface area (TPSA) is 65.8 Å². The van der Waals surface area contributed by atoms with Crippen LogP contribution in [0, 0.1) is 5.21 Å². The molecule has 6 nitrogen and oxygen atoms in total. The summed E-state index contributed by atoms with van der Waals surface area (Å²) in [5, 5.41) is 15.6. The lowest BCUT2D eigenvalue weighted by Crippen LogP contribution is -2.47. The van der Waals surface area contributed by atoms with Crippen LogP contribution in [-0.2, 0) is 20.8 Å². The van der Waals surface area contributed by atoms with E-state index in [1.54, 1.807) is 12.3 Å². The van der Waals surface area contributed by atoms with Gasteiger partial charge in [-0.05, 0) is 13.8 Å². The molecule has 2 aliphatic heterocycles. The van der Waals surface area contributed by atoms with Crippen molar-refractivity contribution in [1.82, 2.24) is 5.32 Å². The van der Waals surface area contributed by atoms with Crippen molar-refractivity contribution in [1.29, 1.82) is 0 Å². The quantitative estimate of drug-likeness (QED) is 0.283. The number of nitrogens with one attached hydrogen (secondary N) is 1. The summed E-state index contributed by atoms with van der Waals surface area (Å²) in [5.74, 6) is -0.685. The second-order valence-corrected chi connectivity index (χ2v) is 6.50. The summed E-state index contributed by atoms with van der Waals surface area (Å²) in [6.07, 6.45) is 2.16. The third-order valence-electron chi connectivity index (χ3n) is 4.08. The van der Waals surface area contributed by atoms with Crippen molar-refractivity contribution in [3.8, 4) is 0 Å². The van der Waals surface area contributed by atoms with E-state index in [0.717, 1.165) is 10.3 Å². The fraction of sp³-hybridized carbons (Fsp3) is 0.500. The molecule has 3 rings (SSSR count). The summed E-state index contributed by atoms with van der Waals surface area (Å²) in [5.41, 5.74) is 0.950. The van der Waals surface area contributed by atoms with Crippen LogP contribution in [0.2, 0.25) is 0 Å². The third-order valence-corrected chi connectivity index (χ3v) is 4.08. The van der Waals surface area contributed by atoms with E-state index in [4.69, 9.17) is 14.2 Å². The van der Waals surface area contributed by atoms with Gasteiger partial charge in [0.15, 0.2) is 30.9 Å². The van der Waals surface area contributed by atoms with E-state index in [2.05, 4.69) is 11.9 Å². The fourth-order valence-electron chi connectivity index (χ4n) is 3.09. The number of ether oxygens (including phenoxy) is 3.